The summed E-state index contributed by atoms with van der Waals surface area (Å²) in [6.07, 6.45) is 4.41. The highest BCUT2D eigenvalue weighted by Gasteiger charge is 2.14. The summed E-state index contributed by atoms with van der Waals surface area (Å²) in [5.74, 6) is -0.966. The van der Waals surface area contributed by atoms with E-state index >= 15 is 0 Å². The van der Waals surface area contributed by atoms with Crippen LogP contribution in [0.25, 0.3) is 22.2 Å². The fraction of sp³-hybridized carbons (Fsp3) is 0.0417. The number of hydrogen-bond donors (Lipinski definition) is 2. The van der Waals surface area contributed by atoms with Crippen molar-refractivity contribution in [3.05, 3.63) is 83.5 Å². The quantitative estimate of drug-likeness (QED) is 0.312. The number of anilines is 4. The first-order valence-electron chi connectivity index (χ1n) is 10.5. The summed E-state index contributed by atoms with van der Waals surface area (Å²) in [6.45, 7) is 0.0943. The van der Waals surface area contributed by atoms with Crippen molar-refractivity contribution in [1.82, 2.24) is 19.7 Å². The van der Waals surface area contributed by atoms with Gasteiger partial charge in [-0.15, -0.1) is 0 Å². The van der Waals surface area contributed by atoms with Gasteiger partial charge < -0.3 is 24.6 Å². The Kier molecular flexibility index (Phi) is 5.97. The molecule has 0 radical (unpaired) electrons. The number of oxazole rings is 1. The molecule has 5 aromatic rings. The maximum Gasteiger partial charge on any atom is 0.453 e. The molecule has 0 saturated carbocycles. The van der Waals surface area contributed by atoms with Crippen LogP contribution in [0.5, 0.6) is 5.75 Å². The highest BCUT2D eigenvalue weighted by molar-refractivity contribution is 5.79. The topological polar surface area (TPSA) is 133 Å². The lowest BCUT2D eigenvalue weighted by Crippen LogP contribution is -2.21. The van der Waals surface area contributed by atoms with Gasteiger partial charge in [0.15, 0.2) is 17.2 Å². The molecule has 0 aliphatic heterocycles. The first kappa shape index (κ1) is 22.5. The Labute approximate surface area is 202 Å². The second-order valence-corrected chi connectivity index (χ2v) is 7.34. The second-order valence-electron chi connectivity index (χ2n) is 7.34. The molecule has 180 valence electrons. The predicted octanol–water partition coefficient (Wildman–Crippen LogP) is 3.67. The average molecular weight is 488 g/mol. The minimum Gasteiger partial charge on any atom is -0.496 e. The Bertz CT molecular complexity index is 1620. The van der Waals surface area contributed by atoms with E-state index in [1.54, 1.807) is 31.6 Å². The van der Waals surface area contributed by atoms with Gasteiger partial charge in [0, 0.05) is 35.4 Å². The van der Waals surface area contributed by atoms with E-state index in [4.69, 9.17) is 9.15 Å². The maximum atomic E-state index is 14.5. The summed E-state index contributed by atoms with van der Waals surface area (Å²) in [4.78, 5) is 39.4. The van der Waals surface area contributed by atoms with Gasteiger partial charge in [0.1, 0.15) is 11.3 Å². The van der Waals surface area contributed by atoms with E-state index in [9.17, 15) is 14.0 Å². The van der Waals surface area contributed by atoms with Crippen LogP contribution in [0.15, 0.2) is 76.3 Å². The van der Waals surface area contributed by atoms with Crippen molar-refractivity contribution in [2.45, 2.75) is 0 Å². The fourth-order valence-corrected chi connectivity index (χ4v) is 3.54. The monoisotopic (exact) mass is 488 g/mol. The largest absolute Gasteiger partial charge is 0.496 e. The lowest BCUT2D eigenvalue weighted by Gasteiger charge is -2.13. The molecule has 2 aromatic carbocycles. The molecular weight excluding hydrogens is 471 g/mol. The van der Waals surface area contributed by atoms with E-state index in [1.165, 1.54) is 12.1 Å². The van der Waals surface area contributed by atoms with Crippen LogP contribution in [0.3, 0.4) is 0 Å². The van der Waals surface area contributed by atoms with Crippen LogP contribution < -0.4 is 26.0 Å². The van der Waals surface area contributed by atoms with E-state index in [0.29, 0.717) is 21.9 Å². The number of nitrogens with zero attached hydrogens (tertiary/aromatic N) is 4. The fourth-order valence-electron chi connectivity index (χ4n) is 3.54. The van der Waals surface area contributed by atoms with Crippen LogP contribution in [0.2, 0.25) is 0 Å². The number of benzene rings is 2. The summed E-state index contributed by atoms with van der Waals surface area (Å²) in [7, 11) is 1.57. The van der Waals surface area contributed by atoms with E-state index in [1.807, 2.05) is 24.3 Å². The van der Waals surface area contributed by atoms with Crippen molar-refractivity contribution in [2.75, 3.05) is 17.7 Å². The normalized spacial score (nSPS) is 10.7. The molecule has 12 heteroatoms. The van der Waals surface area contributed by atoms with Crippen molar-refractivity contribution >= 4 is 40.7 Å². The highest BCUT2D eigenvalue weighted by Crippen LogP contribution is 2.33. The first-order valence-corrected chi connectivity index (χ1v) is 10.5. The van der Waals surface area contributed by atoms with Gasteiger partial charge in [-0.1, -0.05) is 4.73 Å². The van der Waals surface area contributed by atoms with Crippen LogP contribution in [0.4, 0.5) is 27.5 Å². The molecule has 5 rings (SSSR count). The predicted molar refractivity (Wildman–Crippen MR) is 128 cm³/mol. The van der Waals surface area contributed by atoms with Gasteiger partial charge >= 0.3 is 12.2 Å². The number of hydrogen-bond acceptors (Lipinski definition) is 10. The summed E-state index contributed by atoms with van der Waals surface area (Å²) < 4.78 is 25.7. The average Bonchev–Trinajstić information content (AvgIpc) is 3.21. The minimum absolute atomic E-state index is 0.0943. The van der Waals surface area contributed by atoms with Crippen molar-refractivity contribution in [3.63, 3.8) is 0 Å². The lowest BCUT2D eigenvalue weighted by molar-refractivity contribution is -0.129. The van der Waals surface area contributed by atoms with Crippen LogP contribution in [-0.2, 0) is 4.79 Å². The van der Waals surface area contributed by atoms with E-state index in [2.05, 4.69) is 30.4 Å². The lowest BCUT2D eigenvalue weighted by atomic mass is 10.1. The molecule has 0 amide bonds. The number of carbonyl (C=O) groups is 1. The molecule has 0 spiro atoms. The SMILES string of the molecule is COc1cc(Nc2ncc(F)c(Nc3ccc4oc(=O)n(OC=O)c4c3)n2)ccc1-c1ccncc1. The zero-order chi connectivity index (χ0) is 25.1. The van der Waals surface area contributed by atoms with Crippen molar-refractivity contribution in [3.8, 4) is 16.9 Å². The summed E-state index contributed by atoms with van der Waals surface area (Å²) in [5, 5.41) is 5.85. The molecule has 2 N–H and O–H groups in total. The third-order valence-electron chi connectivity index (χ3n) is 5.15. The van der Waals surface area contributed by atoms with Gasteiger partial charge in [-0.05, 0) is 48.0 Å². The van der Waals surface area contributed by atoms with Crippen LogP contribution >= 0.6 is 0 Å². The van der Waals surface area contributed by atoms with E-state index < -0.39 is 11.6 Å². The molecule has 0 aliphatic rings. The number of methoxy groups -OCH3 is 1. The molecule has 0 aliphatic carbocycles. The van der Waals surface area contributed by atoms with Crippen LogP contribution in [0, 0.1) is 5.82 Å². The number of halogens is 1. The number of carbonyl (C=O) groups excluding carboxylic acids is 1. The number of nitrogens with one attached hydrogen (secondary N) is 2. The van der Waals surface area contributed by atoms with Gasteiger partial charge in [0.25, 0.3) is 0 Å². The van der Waals surface area contributed by atoms with Gasteiger partial charge in [0.2, 0.25) is 5.95 Å². The summed E-state index contributed by atoms with van der Waals surface area (Å²) in [5.41, 5.74) is 3.15. The number of aromatic nitrogens is 4. The standard InChI is InChI=1S/C24H17FN6O5/c1-34-21-11-16(2-4-17(21)14-6-8-26-9-7-14)29-23-27-12-18(25)22(30-23)28-15-3-5-20-19(10-15)31(35-13-32)24(33)36-20/h2-13H,1H3,(H2,27,28,29,30). The van der Waals surface area contributed by atoms with E-state index in [0.717, 1.165) is 17.3 Å². The number of pyridine rings is 1. The summed E-state index contributed by atoms with van der Waals surface area (Å²) in [6, 6.07) is 13.7. The third kappa shape index (κ3) is 4.42. The molecule has 3 aromatic heterocycles. The molecule has 11 nitrogen and oxygen atoms in total. The Hall–Kier alpha value is -5.26. The second kappa shape index (κ2) is 9.54. The minimum atomic E-state index is -0.876. The number of rotatable bonds is 8. The van der Waals surface area contributed by atoms with E-state index in [-0.39, 0.29) is 29.3 Å². The molecule has 0 bridgehead atoms. The highest BCUT2D eigenvalue weighted by atomic mass is 19.1. The molecule has 0 fully saturated rings. The summed E-state index contributed by atoms with van der Waals surface area (Å²) >= 11 is 0. The third-order valence-corrected chi connectivity index (χ3v) is 5.15. The zero-order valence-electron chi connectivity index (χ0n) is 18.6. The molecule has 0 unspecified atom stereocenters. The Morgan fingerprint density at radius 2 is 1.83 bits per heavy atom. The van der Waals surface area contributed by atoms with Crippen LogP contribution in [0.1, 0.15) is 0 Å². The van der Waals surface area contributed by atoms with Crippen molar-refractivity contribution in [1.29, 1.82) is 0 Å². The Morgan fingerprint density at radius 3 is 2.61 bits per heavy atom. The Morgan fingerprint density at radius 1 is 1.06 bits per heavy atom. The maximum absolute atomic E-state index is 14.5. The van der Waals surface area contributed by atoms with Gasteiger partial charge in [-0.3, -0.25) is 9.78 Å². The van der Waals surface area contributed by atoms with Gasteiger partial charge in [-0.25, -0.2) is 14.2 Å². The smallest absolute Gasteiger partial charge is 0.453 e. The van der Waals surface area contributed by atoms with Gasteiger partial charge in [0.05, 0.1) is 13.3 Å². The van der Waals surface area contributed by atoms with Crippen molar-refractivity contribution < 1.29 is 23.2 Å². The number of fused-ring (bicyclic) bond motifs is 1. The molecule has 0 saturated heterocycles. The Balaban J connectivity index is 1.41. The molecular formula is C24H17FN6O5. The first-order chi connectivity index (χ1) is 17.6. The zero-order valence-corrected chi connectivity index (χ0v) is 18.6. The molecule has 3 heterocycles. The molecule has 0 atom stereocenters. The van der Waals surface area contributed by atoms with Crippen molar-refractivity contribution in [2.24, 2.45) is 0 Å². The number of ether oxygens (including phenoxy) is 1. The van der Waals surface area contributed by atoms with Crippen LogP contribution in [-0.4, -0.2) is 33.3 Å². The van der Waals surface area contributed by atoms with Gasteiger partial charge in [-0.2, -0.15) is 4.98 Å². The molecule has 36 heavy (non-hydrogen) atoms.